The second kappa shape index (κ2) is 6.17. The molecule has 26 heavy (non-hydrogen) atoms. The van der Waals surface area contributed by atoms with Crippen molar-refractivity contribution in [3.8, 4) is 11.8 Å². The molecule has 7 nitrogen and oxygen atoms in total. The third-order valence-corrected chi connectivity index (χ3v) is 4.39. The highest BCUT2D eigenvalue weighted by Crippen LogP contribution is 2.34. The smallest absolute Gasteiger partial charge is 0.221 e. The van der Waals surface area contributed by atoms with Gasteiger partial charge in [-0.2, -0.15) is 10.1 Å². The first-order valence-electron chi connectivity index (χ1n) is 8.27. The molecule has 0 fully saturated rings. The van der Waals surface area contributed by atoms with Crippen LogP contribution in [-0.4, -0.2) is 31.8 Å². The predicted molar refractivity (Wildman–Crippen MR) is 98.6 cm³/mol. The molecule has 0 amide bonds. The lowest BCUT2D eigenvalue weighted by Gasteiger charge is -2.18. The summed E-state index contributed by atoms with van der Waals surface area (Å²) in [6.07, 6.45) is 4.17. The molecular formula is C19H18N6O. The Labute approximate surface area is 150 Å². The summed E-state index contributed by atoms with van der Waals surface area (Å²) in [5.41, 5.74) is 8.07. The molecule has 3 aromatic rings. The number of nitrogens with two attached hydrogens (primary N) is 1. The number of hydrogen-bond acceptors (Lipinski definition) is 6. The fourth-order valence-electron chi connectivity index (χ4n) is 3.00. The molecule has 1 unspecified atom stereocenters. The van der Waals surface area contributed by atoms with Crippen molar-refractivity contribution < 1.29 is 5.11 Å². The molecule has 0 saturated carbocycles. The van der Waals surface area contributed by atoms with Gasteiger partial charge in [0.1, 0.15) is 5.82 Å². The van der Waals surface area contributed by atoms with Gasteiger partial charge in [-0.15, -0.1) is 0 Å². The fraction of sp³-hybridized carbons (Fsp3) is 0.211. The van der Waals surface area contributed by atoms with E-state index < -0.39 is 5.60 Å². The minimum Gasteiger partial charge on any atom is -0.372 e. The van der Waals surface area contributed by atoms with Crippen molar-refractivity contribution in [3.63, 3.8) is 0 Å². The van der Waals surface area contributed by atoms with Crippen molar-refractivity contribution in [1.29, 1.82) is 0 Å². The lowest BCUT2D eigenvalue weighted by molar-refractivity contribution is 0.117. The summed E-state index contributed by atoms with van der Waals surface area (Å²) >= 11 is 0. The van der Waals surface area contributed by atoms with Gasteiger partial charge in [0.15, 0.2) is 5.60 Å². The van der Waals surface area contributed by atoms with Crippen LogP contribution < -0.4 is 10.6 Å². The standard InChI is InChI=1S/C19H18N6O/c1-19(26,16-5-10-22-24-16)8-4-13-2-3-14-7-11-25(15(14)12-13)17-6-9-21-18(20)23-17/h2-3,5-6,9-10,12,26H,7,11H2,1H3,(H,22,24)(H2,20,21,23). The highest BCUT2D eigenvalue weighted by molar-refractivity contribution is 5.69. The summed E-state index contributed by atoms with van der Waals surface area (Å²) in [6, 6.07) is 9.59. The van der Waals surface area contributed by atoms with Crippen LogP contribution in [0.5, 0.6) is 0 Å². The molecule has 1 aromatic carbocycles. The van der Waals surface area contributed by atoms with Gasteiger partial charge in [-0.1, -0.05) is 17.9 Å². The van der Waals surface area contributed by atoms with E-state index in [2.05, 4.69) is 43.0 Å². The van der Waals surface area contributed by atoms with E-state index in [1.165, 1.54) is 5.56 Å². The summed E-state index contributed by atoms with van der Waals surface area (Å²) in [5.74, 6) is 6.98. The fourth-order valence-corrected chi connectivity index (χ4v) is 3.00. The number of aromatic nitrogens is 4. The Morgan fingerprint density at radius 2 is 2.15 bits per heavy atom. The van der Waals surface area contributed by atoms with Crippen LogP contribution in [0.3, 0.4) is 0 Å². The maximum Gasteiger partial charge on any atom is 0.221 e. The Bertz CT molecular complexity index is 1000. The van der Waals surface area contributed by atoms with Gasteiger partial charge in [0.05, 0.1) is 5.69 Å². The van der Waals surface area contributed by atoms with E-state index in [9.17, 15) is 5.11 Å². The van der Waals surface area contributed by atoms with Crippen molar-refractivity contribution in [3.05, 3.63) is 59.5 Å². The zero-order valence-electron chi connectivity index (χ0n) is 14.3. The number of nitrogens with one attached hydrogen (secondary N) is 1. The molecule has 1 aliphatic heterocycles. The second-order valence-corrected chi connectivity index (χ2v) is 6.31. The van der Waals surface area contributed by atoms with Gasteiger partial charge in [-0.05, 0) is 43.2 Å². The third-order valence-electron chi connectivity index (χ3n) is 4.39. The molecule has 0 bridgehead atoms. The average Bonchev–Trinajstić information content (AvgIpc) is 3.30. The number of aliphatic hydroxyl groups is 1. The molecule has 1 atom stereocenters. The molecule has 0 spiro atoms. The van der Waals surface area contributed by atoms with Crippen molar-refractivity contribution >= 4 is 17.5 Å². The monoisotopic (exact) mass is 346 g/mol. The van der Waals surface area contributed by atoms with E-state index in [1.807, 2.05) is 18.2 Å². The van der Waals surface area contributed by atoms with Crippen LogP contribution in [0.15, 0.2) is 42.7 Å². The Morgan fingerprint density at radius 1 is 1.27 bits per heavy atom. The number of nitrogen functional groups attached to an aromatic ring is 1. The summed E-state index contributed by atoms with van der Waals surface area (Å²) < 4.78 is 0. The summed E-state index contributed by atoms with van der Waals surface area (Å²) in [7, 11) is 0. The molecule has 1 aliphatic rings. The Kier molecular flexibility index (Phi) is 3.82. The van der Waals surface area contributed by atoms with E-state index >= 15 is 0 Å². The highest BCUT2D eigenvalue weighted by atomic mass is 16.3. The normalized spacial score (nSPS) is 15.1. The van der Waals surface area contributed by atoms with Crippen LogP contribution in [0.25, 0.3) is 0 Å². The minimum atomic E-state index is -1.30. The van der Waals surface area contributed by atoms with Crippen LogP contribution >= 0.6 is 0 Å². The molecule has 4 rings (SSSR count). The third kappa shape index (κ3) is 2.98. The molecule has 0 radical (unpaired) electrons. The first kappa shape index (κ1) is 16.1. The van der Waals surface area contributed by atoms with Crippen molar-refractivity contribution in [2.75, 3.05) is 17.2 Å². The number of fused-ring (bicyclic) bond motifs is 1. The molecule has 2 aromatic heterocycles. The molecule has 7 heteroatoms. The molecule has 0 saturated heterocycles. The topological polar surface area (TPSA) is 104 Å². The van der Waals surface area contributed by atoms with Crippen LogP contribution in [-0.2, 0) is 12.0 Å². The highest BCUT2D eigenvalue weighted by Gasteiger charge is 2.23. The zero-order valence-corrected chi connectivity index (χ0v) is 14.3. The lowest BCUT2D eigenvalue weighted by Crippen LogP contribution is -2.19. The summed E-state index contributed by atoms with van der Waals surface area (Å²) in [5, 5.41) is 17.1. The number of aromatic amines is 1. The number of H-pyrrole nitrogens is 1. The zero-order chi connectivity index (χ0) is 18.1. The second-order valence-electron chi connectivity index (χ2n) is 6.31. The quantitative estimate of drug-likeness (QED) is 0.611. The molecule has 130 valence electrons. The SMILES string of the molecule is CC(O)(C#Cc1ccc2c(c1)N(c1ccnc(N)n1)CC2)c1ccn[nH]1. The van der Waals surface area contributed by atoms with Gasteiger partial charge in [-0.25, -0.2) is 4.98 Å². The Morgan fingerprint density at radius 3 is 2.92 bits per heavy atom. The Balaban J connectivity index is 1.66. The van der Waals surface area contributed by atoms with Gasteiger partial charge < -0.3 is 15.7 Å². The maximum atomic E-state index is 10.5. The average molecular weight is 346 g/mol. The van der Waals surface area contributed by atoms with Crippen molar-refractivity contribution in [1.82, 2.24) is 20.2 Å². The summed E-state index contributed by atoms with van der Waals surface area (Å²) in [4.78, 5) is 10.4. The van der Waals surface area contributed by atoms with E-state index in [4.69, 9.17) is 5.73 Å². The van der Waals surface area contributed by atoms with Crippen LogP contribution in [0.1, 0.15) is 23.7 Å². The van der Waals surface area contributed by atoms with E-state index in [-0.39, 0.29) is 5.95 Å². The van der Waals surface area contributed by atoms with Crippen LogP contribution in [0, 0.1) is 11.8 Å². The lowest BCUT2D eigenvalue weighted by atomic mass is 10.0. The molecule has 0 aliphatic carbocycles. The summed E-state index contributed by atoms with van der Waals surface area (Å²) in [6.45, 7) is 2.46. The van der Waals surface area contributed by atoms with E-state index in [1.54, 1.807) is 25.4 Å². The van der Waals surface area contributed by atoms with Gasteiger partial charge in [0, 0.05) is 30.2 Å². The molecule has 3 heterocycles. The molecular weight excluding hydrogens is 328 g/mol. The van der Waals surface area contributed by atoms with Gasteiger partial charge in [0.2, 0.25) is 5.95 Å². The number of hydrogen-bond donors (Lipinski definition) is 3. The van der Waals surface area contributed by atoms with Crippen LogP contribution in [0.2, 0.25) is 0 Å². The van der Waals surface area contributed by atoms with E-state index in [0.29, 0.717) is 5.69 Å². The molecule has 4 N–H and O–H groups in total. The first-order valence-corrected chi connectivity index (χ1v) is 8.27. The Hall–Kier alpha value is -3.37. The van der Waals surface area contributed by atoms with E-state index in [0.717, 1.165) is 30.0 Å². The predicted octanol–water partition coefficient (Wildman–Crippen LogP) is 1.74. The van der Waals surface area contributed by atoms with Crippen LogP contribution in [0.4, 0.5) is 17.5 Å². The van der Waals surface area contributed by atoms with Gasteiger partial charge in [-0.3, -0.25) is 5.10 Å². The number of rotatable bonds is 2. The number of anilines is 3. The largest absolute Gasteiger partial charge is 0.372 e. The number of nitrogens with zero attached hydrogens (tertiary/aromatic N) is 4. The first-order chi connectivity index (χ1) is 12.5. The van der Waals surface area contributed by atoms with Gasteiger partial charge in [0.25, 0.3) is 0 Å². The number of benzene rings is 1. The maximum absolute atomic E-state index is 10.5. The van der Waals surface area contributed by atoms with Gasteiger partial charge >= 0.3 is 0 Å². The minimum absolute atomic E-state index is 0.252. The van der Waals surface area contributed by atoms with Crippen molar-refractivity contribution in [2.24, 2.45) is 0 Å². The van der Waals surface area contributed by atoms with Crippen molar-refractivity contribution in [2.45, 2.75) is 18.9 Å².